The fourth-order valence-electron chi connectivity index (χ4n) is 1.12. The Morgan fingerprint density at radius 2 is 2.42 bits per heavy atom. The summed E-state index contributed by atoms with van der Waals surface area (Å²) in [4.78, 5) is 14.4. The van der Waals surface area contributed by atoms with E-state index in [0.29, 0.717) is 6.42 Å². The van der Waals surface area contributed by atoms with Gasteiger partial charge in [-0.15, -0.1) is 11.3 Å². The molecule has 0 aliphatic rings. The van der Waals surface area contributed by atoms with Crippen molar-refractivity contribution in [2.75, 3.05) is 0 Å². The second-order valence-corrected chi connectivity index (χ2v) is 3.41. The van der Waals surface area contributed by atoms with Gasteiger partial charge in [-0.25, -0.2) is 4.98 Å². The number of carbonyl (C=O) groups excluding carboxylic acids is 1. The van der Waals surface area contributed by atoms with Gasteiger partial charge in [0.1, 0.15) is 6.29 Å². The molecule has 0 aliphatic heterocycles. The molecule has 1 aromatic carbocycles. The molecule has 0 bridgehead atoms. The molecule has 1 aromatic heterocycles. The van der Waals surface area contributed by atoms with Crippen LogP contribution in [0.25, 0.3) is 10.2 Å². The third-order valence-corrected chi connectivity index (χ3v) is 2.51. The number of rotatable bonds is 2. The van der Waals surface area contributed by atoms with Crippen LogP contribution in [0.1, 0.15) is 5.56 Å². The van der Waals surface area contributed by atoms with Crippen molar-refractivity contribution in [3.63, 3.8) is 0 Å². The highest BCUT2D eigenvalue weighted by Crippen LogP contribution is 2.18. The highest BCUT2D eigenvalue weighted by Gasteiger charge is 1.97. The highest BCUT2D eigenvalue weighted by molar-refractivity contribution is 7.16. The van der Waals surface area contributed by atoms with Crippen molar-refractivity contribution in [3.05, 3.63) is 29.3 Å². The number of carbonyl (C=O) groups is 1. The van der Waals surface area contributed by atoms with E-state index in [9.17, 15) is 4.79 Å². The Kier molecular flexibility index (Phi) is 1.87. The monoisotopic (exact) mass is 177 g/mol. The van der Waals surface area contributed by atoms with Crippen LogP contribution in [0.2, 0.25) is 0 Å². The van der Waals surface area contributed by atoms with E-state index in [-0.39, 0.29) is 0 Å². The molecule has 12 heavy (non-hydrogen) atoms. The maximum atomic E-state index is 10.2. The number of thiazole rings is 1. The van der Waals surface area contributed by atoms with Crippen LogP contribution < -0.4 is 0 Å². The Morgan fingerprint density at radius 1 is 1.50 bits per heavy atom. The SMILES string of the molecule is O=CCc1ccc2ncsc2c1. The van der Waals surface area contributed by atoms with Crippen molar-refractivity contribution < 1.29 is 4.79 Å². The summed E-state index contributed by atoms with van der Waals surface area (Å²) in [6, 6.07) is 5.91. The fraction of sp³-hybridized carbons (Fsp3) is 0.111. The van der Waals surface area contributed by atoms with Crippen molar-refractivity contribution in [3.8, 4) is 0 Å². The quantitative estimate of drug-likeness (QED) is 0.657. The molecule has 2 aromatic rings. The molecule has 0 amide bonds. The average Bonchev–Trinajstić information content (AvgIpc) is 2.51. The minimum atomic E-state index is 0.494. The Hall–Kier alpha value is -1.22. The molecule has 2 rings (SSSR count). The van der Waals surface area contributed by atoms with E-state index in [2.05, 4.69) is 4.98 Å². The van der Waals surface area contributed by atoms with Crippen molar-refractivity contribution in [1.82, 2.24) is 4.98 Å². The summed E-state index contributed by atoms with van der Waals surface area (Å²) in [6.07, 6.45) is 1.41. The second kappa shape index (κ2) is 3.03. The number of fused-ring (bicyclic) bond motifs is 1. The lowest BCUT2D eigenvalue weighted by Gasteiger charge is -1.93. The van der Waals surface area contributed by atoms with Gasteiger partial charge in [-0.1, -0.05) is 6.07 Å². The van der Waals surface area contributed by atoms with Crippen LogP contribution in [0.5, 0.6) is 0 Å². The van der Waals surface area contributed by atoms with Crippen molar-refractivity contribution in [2.24, 2.45) is 0 Å². The first kappa shape index (κ1) is 7.43. The standard InChI is InChI=1S/C9H7NOS/c11-4-3-7-1-2-8-9(5-7)12-6-10-8/h1-2,4-6H,3H2. The van der Waals surface area contributed by atoms with Crippen LogP contribution in [0.15, 0.2) is 23.7 Å². The topological polar surface area (TPSA) is 30.0 Å². The van der Waals surface area contributed by atoms with Crippen LogP contribution in [-0.2, 0) is 11.2 Å². The van der Waals surface area contributed by atoms with E-state index >= 15 is 0 Å². The van der Waals surface area contributed by atoms with Gasteiger partial charge in [-0.3, -0.25) is 0 Å². The van der Waals surface area contributed by atoms with Crippen LogP contribution in [0, 0.1) is 0 Å². The normalized spacial score (nSPS) is 10.3. The van der Waals surface area contributed by atoms with Gasteiger partial charge in [0.2, 0.25) is 0 Å². The van der Waals surface area contributed by atoms with Gasteiger partial charge >= 0.3 is 0 Å². The molecule has 0 atom stereocenters. The van der Waals surface area contributed by atoms with E-state index in [0.717, 1.165) is 22.1 Å². The summed E-state index contributed by atoms with van der Waals surface area (Å²) < 4.78 is 1.15. The fourth-order valence-corrected chi connectivity index (χ4v) is 1.86. The molecular weight excluding hydrogens is 170 g/mol. The molecule has 0 fully saturated rings. The molecule has 0 radical (unpaired) electrons. The van der Waals surface area contributed by atoms with E-state index in [4.69, 9.17) is 0 Å². The van der Waals surface area contributed by atoms with E-state index < -0.39 is 0 Å². The molecule has 3 heteroatoms. The zero-order chi connectivity index (χ0) is 8.39. The van der Waals surface area contributed by atoms with Crippen molar-refractivity contribution in [2.45, 2.75) is 6.42 Å². The average molecular weight is 177 g/mol. The van der Waals surface area contributed by atoms with Gasteiger partial charge in [-0.05, 0) is 17.7 Å². The minimum absolute atomic E-state index is 0.494. The molecule has 0 spiro atoms. The first-order valence-corrected chi connectivity index (χ1v) is 4.54. The van der Waals surface area contributed by atoms with Crippen molar-refractivity contribution in [1.29, 1.82) is 0 Å². The summed E-state index contributed by atoms with van der Waals surface area (Å²) in [5, 5.41) is 0. The predicted octanol–water partition coefficient (Wildman–Crippen LogP) is 2.04. The number of aldehydes is 1. The third kappa shape index (κ3) is 1.23. The van der Waals surface area contributed by atoms with E-state index in [1.807, 2.05) is 23.7 Å². The number of hydrogen-bond acceptors (Lipinski definition) is 3. The lowest BCUT2D eigenvalue weighted by Crippen LogP contribution is -1.83. The Balaban J connectivity index is 2.52. The second-order valence-electron chi connectivity index (χ2n) is 2.53. The first-order chi connectivity index (χ1) is 5.90. The maximum Gasteiger partial charge on any atom is 0.124 e. The molecule has 0 saturated carbocycles. The summed E-state index contributed by atoms with van der Waals surface area (Å²) in [6.45, 7) is 0. The summed E-state index contributed by atoms with van der Waals surface area (Å²) in [7, 11) is 0. The Bertz CT molecular complexity index is 408. The highest BCUT2D eigenvalue weighted by atomic mass is 32.1. The third-order valence-electron chi connectivity index (χ3n) is 1.71. The van der Waals surface area contributed by atoms with Crippen LogP contribution in [0.3, 0.4) is 0 Å². The molecule has 0 saturated heterocycles. The molecular formula is C9H7NOS. The van der Waals surface area contributed by atoms with Gasteiger partial charge in [0, 0.05) is 6.42 Å². The van der Waals surface area contributed by atoms with E-state index in [1.54, 1.807) is 11.3 Å². The molecule has 2 nitrogen and oxygen atoms in total. The molecule has 1 heterocycles. The van der Waals surface area contributed by atoms with Gasteiger partial charge in [0.05, 0.1) is 15.7 Å². The molecule has 0 aliphatic carbocycles. The first-order valence-electron chi connectivity index (χ1n) is 3.66. The van der Waals surface area contributed by atoms with Crippen LogP contribution in [-0.4, -0.2) is 11.3 Å². The Morgan fingerprint density at radius 3 is 3.25 bits per heavy atom. The van der Waals surface area contributed by atoms with Gasteiger partial charge in [0.25, 0.3) is 0 Å². The van der Waals surface area contributed by atoms with Crippen LogP contribution in [0.4, 0.5) is 0 Å². The van der Waals surface area contributed by atoms with Crippen LogP contribution >= 0.6 is 11.3 Å². The minimum Gasteiger partial charge on any atom is -0.303 e. The smallest absolute Gasteiger partial charge is 0.124 e. The Labute approximate surface area is 73.9 Å². The summed E-state index contributed by atoms with van der Waals surface area (Å²) >= 11 is 1.60. The number of hydrogen-bond donors (Lipinski definition) is 0. The van der Waals surface area contributed by atoms with Gasteiger partial charge < -0.3 is 4.79 Å². The maximum absolute atomic E-state index is 10.2. The van der Waals surface area contributed by atoms with E-state index in [1.165, 1.54) is 0 Å². The largest absolute Gasteiger partial charge is 0.303 e. The molecule has 0 unspecified atom stereocenters. The molecule has 0 N–H and O–H groups in total. The number of nitrogens with zero attached hydrogens (tertiary/aromatic N) is 1. The predicted molar refractivity (Wildman–Crippen MR) is 49.4 cm³/mol. The zero-order valence-corrected chi connectivity index (χ0v) is 7.17. The number of aromatic nitrogens is 1. The number of benzene rings is 1. The lowest BCUT2D eigenvalue weighted by molar-refractivity contribution is -0.107. The van der Waals surface area contributed by atoms with Crippen molar-refractivity contribution >= 4 is 27.8 Å². The van der Waals surface area contributed by atoms with Gasteiger partial charge in [-0.2, -0.15) is 0 Å². The summed E-state index contributed by atoms with van der Waals surface area (Å²) in [5.74, 6) is 0. The summed E-state index contributed by atoms with van der Waals surface area (Å²) in [5.41, 5.74) is 3.88. The lowest BCUT2D eigenvalue weighted by atomic mass is 10.2. The molecule has 60 valence electrons. The van der Waals surface area contributed by atoms with Gasteiger partial charge in [0.15, 0.2) is 0 Å². The zero-order valence-electron chi connectivity index (χ0n) is 6.36.